The summed E-state index contributed by atoms with van der Waals surface area (Å²) in [6.07, 6.45) is 1.30. The average Bonchev–Trinajstić information content (AvgIpc) is 2.30. The molecule has 102 valence electrons. The van der Waals surface area contributed by atoms with E-state index in [0.29, 0.717) is 5.75 Å². The van der Waals surface area contributed by atoms with Gasteiger partial charge in [0, 0.05) is 11.8 Å². The molecule has 0 spiro atoms. The van der Waals surface area contributed by atoms with Crippen LogP contribution >= 0.6 is 0 Å². The first kappa shape index (κ1) is 14.9. The van der Waals surface area contributed by atoms with Gasteiger partial charge in [-0.15, -0.1) is 0 Å². The molecule has 0 aliphatic rings. The summed E-state index contributed by atoms with van der Waals surface area (Å²) in [6.45, 7) is 0. The Morgan fingerprint density at radius 3 is 2.67 bits per heavy atom. The van der Waals surface area contributed by atoms with E-state index in [4.69, 9.17) is 10.6 Å². The maximum absolute atomic E-state index is 13.8. The number of rotatable bonds is 6. The van der Waals surface area contributed by atoms with Crippen molar-refractivity contribution in [1.29, 1.82) is 0 Å². The molecule has 1 rings (SSSR count). The molecule has 0 fully saturated rings. The van der Waals surface area contributed by atoms with Crippen molar-refractivity contribution >= 4 is 9.84 Å². The number of halogens is 1. The van der Waals surface area contributed by atoms with Crippen molar-refractivity contribution < 1.29 is 17.5 Å². The van der Waals surface area contributed by atoms with E-state index in [1.807, 2.05) is 0 Å². The van der Waals surface area contributed by atoms with Gasteiger partial charge < -0.3 is 4.74 Å². The summed E-state index contributed by atoms with van der Waals surface area (Å²) in [6, 6.07) is 3.78. The number of benzene rings is 1. The maximum atomic E-state index is 13.8. The zero-order valence-electron chi connectivity index (χ0n) is 10.3. The Kier molecular flexibility index (Phi) is 5.06. The fourth-order valence-electron chi connectivity index (χ4n) is 1.68. The van der Waals surface area contributed by atoms with E-state index >= 15 is 0 Å². The predicted molar refractivity (Wildman–Crippen MR) is 67.3 cm³/mol. The molecule has 1 atom stereocenters. The molecule has 0 aliphatic heterocycles. The lowest BCUT2D eigenvalue weighted by Gasteiger charge is -2.19. The summed E-state index contributed by atoms with van der Waals surface area (Å²) in [7, 11) is -1.71. The smallest absolute Gasteiger partial charge is 0.147 e. The highest BCUT2D eigenvalue weighted by molar-refractivity contribution is 7.90. The highest BCUT2D eigenvalue weighted by Crippen LogP contribution is 2.29. The Morgan fingerprint density at radius 2 is 2.17 bits per heavy atom. The van der Waals surface area contributed by atoms with Gasteiger partial charge in [-0.1, -0.05) is 6.07 Å². The van der Waals surface area contributed by atoms with Gasteiger partial charge >= 0.3 is 0 Å². The summed E-state index contributed by atoms with van der Waals surface area (Å²) in [5.41, 5.74) is 2.66. The van der Waals surface area contributed by atoms with Crippen molar-refractivity contribution in [2.24, 2.45) is 5.84 Å². The van der Waals surface area contributed by atoms with Gasteiger partial charge in [-0.3, -0.25) is 11.3 Å². The molecule has 7 heteroatoms. The van der Waals surface area contributed by atoms with Crippen LogP contribution in [-0.2, 0) is 9.84 Å². The second-order valence-electron chi connectivity index (χ2n) is 3.99. The Bertz CT molecular complexity index is 505. The van der Waals surface area contributed by atoms with E-state index in [-0.39, 0.29) is 17.7 Å². The molecular weight excluding hydrogens is 259 g/mol. The molecule has 5 nitrogen and oxygen atoms in total. The van der Waals surface area contributed by atoms with E-state index in [1.54, 1.807) is 6.07 Å². The number of sulfone groups is 1. The lowest BCUT2D eigenvalue weighted by atomic mass is 10.0. The Morgan fingerprint density at radius 1 is 1.50 bits per heavy atom. The molecule has 1 aromatic rings. The third-order valence-corrected chi connectivity index (χ3v) is 3.54. The first-order valence-corrected chi connectivity index (χ1v) is 7.41. The highest BCUT2D eigenvalue weighted by atomic mass is 32.2. The summed E-state index contributed by atoms with van der Waals surface area (Å²) in [5.74, 6) is 5.13. The highest BCUT2D eigenvalue weighted by Gasteiger charge is 2.20. The molecule has 0 aliphatic carbocycles. The number of hydrogen-bond acceptors (Lipinski definition) is 5. The summed E-state index contributed by atoms with van der Waals surface area (Å²) in [5, 5.41) is 0. The number of hydrazine groups is 1. The summed E-state index contributed by atoms with van der Waals surface area (Å²) >= 11 is 0. The van der Waals surface area contributed by atoms with Gasteiger partial charge in [-0.05, 0) is 18.6 Å². The Labute approximate surface area is 106 Å². The normalized spacial score (nSPS) is 13.3. The fourth-order valence-corrected chi connectivity index (χ4v) is 2.34. The third kappa shape index (κ3) is 3.94. The Hall–Kier alpha value is -1.18. The molecule has 0 aromatic heterocycles. The van der Waals surface area contributed by atoms with Gasteiger partial charge in [0.1, 0.15) is 21.4 Å². The topological polar surface area (TPSA) is 81.4 Å². The van der Waals surface area contributed by atoms with Crippen molar-refractivity contribution in [2.45, 2.75) is 12.5 Å². The van der Waals surface area contributed by atoms with Crippen LogP contribution in [0.5, 0.6) is 5.75 Å². The molecule has 1 unspecified atom stereocenters. The fraction of sp³-hybridized carbons (Fsp3) is 0.455. The predicted octanol–water partition coefficient (Wildman–Crippen LogP) is 0.773. The molecular formula is C11H17FN2O3S. The van der Waals surface area contributed by atoms with Gasteiger partial charge in [0.2, 0.25) is 0 Å². The number of hydrogen-bond donors (Lipinski definition) is 2. The molecule has 0 saturated carbocycles. The minimum Gasteiger partial charge on any atom is -0.496 e. The Balaban J connectivity index is 3.01. The SMILES string of the molecule is COc1cccc(F)c1C(CCS(C)(=O)=O)NN. The van der Waals surface area contributed by atoms with Crippen molar-refractivity contribution in [3.05, 3.63) is 29.6 Å². The molecule has 1 aromatic carbocycles. The van der Waals surface area contributed by atoms with Crippen LogP contribution in [0.4, 0.5) is 4.39 Å². The standard InChI is InChI=1S/C11H17FN2O3S/c1-17-10-5-3-4-8(12)11(10)9(14-13)6-7-18(2,15)16/h3-5,9,14H,6-7,13H2,1-2H3. The van der Waals surface area contributed by atoms with E-state index in [9.17, 15) is 12.8 Å². The minimum absolute atomic E-state index is 0.0840. The lowest BCUT2D eigenvalue weighted by Crippen LogP contribution is -2.30. The zero-order valence-corrected chi connectivity index (χ0v) is 11.1. The number of nitrogens with one attached hydrogen (secondary N) is 1. The number of methoxy groups -OCH3 is 1. The van der Waals surface area contributed by atoms with E-state index in [2.05, 4.69) is 5.43 Å². The zero-order chi connectivity index (χ0) is 13.8. The van der Waals surface area contributed by atoms with Crippen LogP contribution in [0.2, 0.25) is 0 Å². The van der Waals surface area contributed by atoms with Gasteiger partial charge in [0.25, 0.3) is 0 Å². The van der Waals surface area contributed by atoms with Crippen molar-refractivity contribution in [1.82, 2.24) is 5.43 Å². The average molecular weight is 276 g/mol. The maximum Gasteiger partial charge on any atom is 0.147 e. The van der Waals surface area contributed by atoms with Crippen LogP contribution in [0.15, 0.2) is 18.2 Å². The molecule has 0 amide bonds. The molecule has 0 bridgehead atoms. The molecule has 18 heavy (non-hydrogen) atoms. The van der Waals surface area contributed by atoms with Crippen molar-refractivity contribution in [3.63, 3.8) is 0 Å². The second-order valence-corrected chi connectivity index (χ2v) is 6.25. The van der Waals surface area contributed by atoms with Crippen molar-refractivity contribution in [3.8, 4) is 5.75 Å². The quantitative estimate of drug-likeness (QED) is 0.592. The van der Waals surface area contributed by atoms with Gasteiger partial charge in [-0.2, -0.15) is 0 Å². The van der Waals surface area contributed by atoms with Crippen LogP contribution in [0.25, 0.3) is 0 Å². The van der Waals surface area contributed by atoms with Gasteiger partial charge in [0.15, 0.2) is 0 Å². The van der Waals surface area contributed by atoms with E-state index in [0.717, 1.165) is 6.26 Å². The first-order valence-electron chi connectivity index (χ1n) is 5.35. The van der Waals surface area contributed by atoms with Crippen LogP contribution in [0, 0.1) is 5.82 Å². The monoisotopic (exact) mass is 276 g/mol. The van der Waals surface area contributed by atoms with E-state index in [1.165, 1.54) is 19.2 Å². The van der Waals surface area contributed by atoms with Gasteiger partial charge in [0.05, 0.1) is 18.9 Å². The van der Waals surface area contributed by atoms with Crippen LogP contribution in [0.3, 0.4) is 0 Å². The molecule has 3 N–H and O–H groups in total. The first-order chi connectivity index (χ1) is 8.39. The lowest BCUT2D eigenvalue weighted by molar-refractivity contribution is 0.389. The number of nitrogens with two attached hydrogens (primary N) is 1. The van der Waals surface area contributed by atoms with Crippen LogP contribution < -0.4 is 16.0 Å². The third-order valence-electron chi connectivity index (χ3n) is 2.56. The van der Waals surface area contributed by atoms with Crippen LogP contribution in [0.1, 0.15) is 18.0 Å². The largest absolute Gasteiger partial charge is 0.496 e. The van der Waals surface area contributed by atoms with Crippen LogP contribution in [-0.4, -0.2) is 27.5 Å². The summed E-state index contributed by atoms with van der Waals surface area (Å²) in [4.78, 5) is 0. The van der Waals surface area contributed by atoms with Crippen molar-refractivity contribution in [2.75, 3.05) is 19.1 Å². The number of ether oxygens (including phenoxy) is 1. The molecule has 0 heterocycles. The minimum atomic E-state index is -3.13. The van der Waals surface area contributed by atoms with E-state index < -0.39 is 21.7 Å². The van der Waals surface area contributed by atoms with Gasteiger partial charge in [-0.25, -0.2) is 12.8 Å². The molecule has 0 radical (unpaired) electrons. The molecule has 0 saturated heterocycles. The summed E-state index contributed by atoms with van der Waals surface area (Å²) < 4.78 is 41.1. The second kappa shape index (κ2) is 6.12.